The number of carbonyl (C=O) groups excluding carboxylic acids is 3. The zero-order valence-electron chi connectivity index (χ0n) is 56.4. The van der Waals surface area contributed by atoms with Gasteiger partial charge in [-0.25, -0.2) is 4.98 Å². The minimum atomic E-state index is -4.40. The third kappa shape index (κ3) is 21.1. The van der Waals surface area contributed by atoms with E-state index in [-0.39, 0.29) is 134 Å². The summed E-state index contributed by atoms with van der Waals surface area (Å²) in [5.74, 6) is 3.20. The van der Waals surface area contributed by atoms with Crippen molar-refractivity contribution in [3.05, 3.63) is 214 Å². The first-order valence-corrected chi connectivity index (χ1v) is 32.8. The number of halogens is 7. The molecule has 6 aromatic carbocycles. The molecule has 6 N–H and O–H groups in total. The number of H-pyrrole nitrogens is 2. The molecule has 0 fully saturated rings. The number of benzene rings is 6. The molecule has 1 aliphatic rings. The van der Waals surface area contributed by atoms with Crippen LogP contribution in [-0.2, 0) is 39.7 Å². The van der Waals surface area contributed by atoms with E-state index < -0.39 is 29.0 Å². The van der Waals surface area contributed by atoms with Gasteiger partial charge in [0.1, 0.15) is 17.2 Å². The third-order valence-electron chi connectivity index (χ3n) is 15.7. The molecule has 19 nitrogen and oxygen atoms in total. The summed E-state index contributed by atoms with van der Waals surface area (Å²) in [4.78, 5) is 58.7. The third-order valence-corrected chi connectivity index (χ3v) is 17.9. The number of nitrogens with two attached hydrogens (primary N) is 1. The van der Waals surface area contributed by atoms with Crippen LogP contribution in [0.2, 0.25) is 0 Å². The molecule has 30 heteroatoms. The van der Waals surface area contributed by atoms with Gasteiger partial charge in [0.15, 0.2) is 34.6 Å². The second-order valence-electron chi connectivity index (χ2n) is 22.0. The summed E-state index contributed by atoms with van der Waals surface area (Å²) in [5, 5.41) is 24.2. The summed E-state index contributed by atoms with van der Waals surface area (Å²) < 4.78 is 99.0. The SMILES string of the molecule is COc1cc2c(cc1OC)C(=N)N(CCCC(=O)c1cc3cc(-c4cccnc4)ccc3[nH]1)C(SCc1ccc(C(F)(F)F)cc1)N2.COc1cc2nc(=S)n(CCCC(=O)c3cc4cc(-c5cccnc5)ccc4[nH]3)c(N)c2cc1OC.FC(F)(F)c1ccc(CBr)cc1.O=CO[O-].[H-].[K+].[K+]. The Kier molecular flexibility index (Phi) is 30.5. The summed E-state index contributed by atoms with van der Waals surface area (Å²) in [6, 6.07) is 40.8. The number of rotatable bonds is 21. The maximum Gasteiger partial charge on any atom is 1.00 e. The average Bonchev–Trinajstić information content (AvgIpc) is 0.960. The fourth-order valence-corrected chi connectivity index (χ4v) is 12.5. The molecule has 0 saturated carbocycles. The maximum atomic E-state index is 13.3. The van der Waals surface area contributed by atoms with E-state index in [1.165, 1.54) is 50.2 Å². The second kappa shape index (κ2) is 37.9. The molecule has 101 heavy (non-hydrogen) atoms. The Hall–Kier alpha value is -7.02. The van der Waals surface area contributed by atoms with Crippen molar-refractivity contribution < 1.29 is 174 Å². The van der Waals surface area contributed by atoms with Crippen LogP contribution in [0.1, 0.15) is 75.9 Å². The zero-order chi connectivity index (χ0) is 71.0. The number of aromatic nitrogens is 6. The van der Waals surface area contributed by atoms with Crippen LogP contribution in [0, 0.1) is 10.2 Å². The van der Waals surface area contributed by atoms with Crippen molar-refractivity contribution in [2.45, 2.75) is 61.2 Å². The summed E-state index contributed by atoms with van der Waals surface area (Å²) in [7, 11) is 6.19. The molecule has 0 aliphatic carbocycles. The van der Waals surface area contributed by atoms with Crippen LogP contribution in [0.5, 0.6) is 23.0 Å². The van der Waals surface area contributed by atoms with E-state index in [0.717, 1.165) is 79.5 Å². The summed E-state index contributed by atoms with van der Waals surface area (Å²) in [5.41, 5.74) is 15.1. The number of carbonyl (C=O) groups is 3. The fraction of sp³-hybridized carbons (Fsp3) is 0.211. The molecule has 6 heterocycles. The molecule has 12 rings (SSSR count). The van der Waals surface area contributed by atoms with Crippen LogP contribution in [0.3, 0.4) is 0 Å². The number of alkyl halides is 7. The number of Topliss-reactive ketones (excluding diaryl/α,β-unsaturated/α-hetero) is 2. The first-order valence-electron chi connectivity index (χ1n) is 30.2. The van der Waals surface area contributed by atoms with Crippen molar-refractivity contribution in [1.82, 2.24) is 34.4 Å². The number of aromatic amines is 2. The molecule has 0 amide bonds. The van der Waals surface area contributed by atoms with E-state index >= 15 is 0 Å². The number of nitrogens with one attached hydrogen (secondary N) is 4. The standard InChI is InChI=1S/C35H32F3N5O3S.C27H25N5O3S.C8H6BrF3.CH2O3.2K.H/c1-45-31-17-26-28(18-32(31)46-2)42-34(47-20-21-7-10-25(11-8-21)35(36,37)38)43(33(26)39)14-4-6-30(44)29-16-24-15-22(9-12-27(24)41-29)23-5-3-13-40-19-23;1-34-24-13-19-21(14-25(24)35-2)31-27(36)32(26(19)28)10-4-6-23(33)22-12-18-11-16(7-8-20(18)30-22)17-5-3-9-29-15-17;9-5-6-1-3-7(4-2-6)8(10,11)12;2-1-4-3;;;/h3,5,7-13,15-19,34,39,41-42H,4,6,14,20H2,1-2H3;3,5,7-9,11-15,30H,4,6,10,28H2,1-2H3;1-4H,5H2;1,3H;;;/q;;;;2*+1;-1/p-1. The predicted octanol–water partition coefficient (Wildman–Crippen LogP) is 9.93. The van der Waals surface area contributed by atoms with Crippen molar-refractivity contribution >= 4 is 108 Å². The maximum absolute atomic E-state index is 13.3. The van der Waals surface area contributed by atoms with Gasteiger partial charge in [0, 0.05) is 118 Å². The summed E-state index contributed by atoms with van der Waals surface area (Å²) in [6.45, 7) is 0.681. The van der Waals surface area contributed by atoms with Gasteiger partial charge >= 0.3 is 115 Å². The molecule has 0 spiro atoms. The number of nitrogens with zero attached hydrogens (tertiary/aromatic N) is 5. The Balaban J connectivity index is 0.000000262. The second-order valence-corrected chi connectivity index (χ2v) is 24.0. The van der Waals surface area contributed by atoms with E-state index in [2.05, 4.69) is 57.1 Å². The first-order chi connectivity index (χ1) is 47.6. The van der Waals surface area contributed by atoms with Crippen molar-refractivity contribution in [2.75, 3.05) is 46.0 Å². The molecular weight excluding hydrogens is 1470 g/mol. The molecule has 0 saturated heterocycles. The van der Waals surface area contributed by atoms with Crippen LogP contribution in [0.15, 0.2) is 170 Å². The summed E-state index contributed by atoms with van der Waals surface area (Å²) >= 11 is 10.1. The molecule has 1 unspecified atom stereocenters. The number of nitrogen functional groups attached to an aromatic ring is 1. The average molecular weight is 1540 g/mol. The number of fused-ring (bicyclic) bond motifs is 4. The number of ketones is 2. The smallest absolute Gasteiger partial charge is 1.00 e. The first kappa shape index (κ1) is 81.3. The van der Waals surface area contributed by atoms with Crippen LogP contribution >= 0.6 is 39.9 Å². The van der Waals surface area contributed by atoms with Crippen molar-refractivity contribution in [3.63, 3.8) is 0 Å². The van der Waals surface area contributed by atoms with Crippen LogP contribution in [0.4, 0.5) is 37.8 Å². The fourth-order valence-electron chi connectivity index (χ4n) is 10.6. The van der Waals surface area contributed by atoms with E-state index in [1.54, 1.807) is 61.6 Å². The van der Waals surface area contributed by atoms with Gasteiger partial charge in [-0.2, -0.15) is 26.3 Å². The molecule has 516 valence electrons. The van der Waals surface area contributed by atoms with Gasteiger partial charge in [-0.3, -0.25) is 29.8 Å². The Bertz CT molecular complexity index is 4720. The van der Waals surface area contributed by atoms with Crippen LogP contribution in [0.25, 0.3) is 55.0 Å². The Morgan fingerprint density at radius 2 is 1.15 bits per heavy atom. The van der Waals surface area contributed by atoms with Gasteiger partial charge in [0.05, 0.1) is 62.2 Å². The molecule has 11 aromatic rings. The molecule has 0 bridgehead atoms. The monoisotopic (exact) mass is 1540 g/mol. The number of methoxy groups -OCH3 is 4. The number of thioether (sulfide) groups is 1. The van der Waals surface area contributed by atoms with Gasteiger partial charge in [-0.15, -0.1) is 11.8 Å². The number of pyridine rings is 2. The van der Waals surface area contributed by atoms with Gasteiger partial charge in [0.2, 0.25) is 4.77 Å². The normalized spacial score (nSPS) is 12.3. The van der Waals surface area contributed by atoms with E-state index in [1.807, 2.05) is 77.8 Å². The van der Waals surface area contributed by atoms with Crippen molar-refractivity contribution in [2.24, 2.45) is 0 Å². The zero-order valence-corrected chi connectivity index (χ0v) is 64.9. The largest absolute Gasteiger partial charge is 1.00 e. The van der Waals surface area contributed by atoms with Gasteiger partial charge in [-0.05, 0) is 132 Å². The molecule has 1 atom stereocenters. The molecule has 1 aliphatic heterocycles. The quantitative estimate of drug-likeness (QED) is 0.00655. The van der Waals surface area contributed by atoms with Gasteiger partial charge < -0.3 is 61.0 Å². The molecular formula is C71H65BrF6K2N10O9S2. The minimum Gasteiger partial charge on any atom is -1.00 e. The van der Waals surface area contributed by atoms with Crippen molar-refractivity contribution in [3.8, 4) is 45.3 Å². The number of hydrogen-bond donors (Lipinski definition) is 5. The Labute approximate surface area is 680 Å². The Morgan fingerprint density at radius 1 is 0.673 bits per heavy atom. The van der Waals surface area contributed by atoms with E-state index in [9.17, 15) is 35.9 Å². The predicted molar refractivity (Wildman–Crippen MR) is 374 cm³/mol. The number of amidine groups is 1. The Morgan fingerprint density at radius 3 is 1.61 bits per heavy atom. The van der Waals surface area contributed by atoms with Crippen molar-refractivity contribution in [1.29, 1.82) is 5.41 Å². The van der Waals surface area contributed by atoms with Gasteiger partial charge in [0.25, 0.3) is 6.47 Å². The van der Waals surface area contributed by atoms with Crippen LogP contribution in [-0.4, -0.2) is 98.7 Å². The number of hydrogen-bond acceptors (Lipinski definition) is 17. The van der Waals surface area contributed by atoms with Crippen LogP contribution < -0.4 is 138 Å². The molecule has 5 aromatic heterocycles. The van der Waals surface area contributed by atoms with Gasteiger partial charge in [-0.1, -0.05) is 64.5 Å². The molecule has 0 radical (unpaired) electrons. The topological polar surface area (TPSA) is 261 Å². The number of anilines is 2. The number of ether oxygens (including phenoxy) is 4. The summed E-state index contributed by atoms with van der Waals surface area (Å²) in [6.07, 6.45) is 0.0887. The van der Waals surface area contributed by atoms with E-state index in [0.29, 0.717) is 111 Å². The minimum absolute atomic E-state index is 0. The van der Waals surface area contributed by atoms with E-state index in [4.69, 9.17) is 52.4 Å².